The van der Waals surface area contributed by atoms with Gasteiger partial charge >= 0.3 is 5.97 Å². The number of methoxy groups -OCH3 is 1. The molecule has 1 aromatic rings. The van der Waals surface area contributed by atoms with Crippen LogP contribution in [0.15, 0.2) is 10.9 Å². The van der Waals surface area contributed by atoms with Gasteiger partial charge in [0.05, 0.1) is 13.7 Å². The van der Waals surface area contributed by atoms with Gasteiger partial charge in [-0.3, -0.25) is 9.69 Å². The molecule has 6 nitrogen and oxygen atoms in total. The topological polar surface area (TPSA) is 68.5 Å². The summed E-state index contributed by atoms with van der Waals surface area (Å²) >= 11 is 0. The second-order valence-electron chi connectivity index (χ2n) is 3.84. The molecule has 0 unspecified atom stereocenters. The second kappa shape index (κ2) is 5.07. The van der Waals surface area contributed by atoms with Crippen LogP contribution in [0.3, 0.4) is 0 Å². The van der Waals surface area contributed by atoms with Crippen LogP contribution >= 0.6 is 0 Å². The van der Waals surface area contributed by atoms with Crippen molar-refractivity contribution in [1.29, 1.82) is 0 Å². The monoisotopic (exact) mass is 225 g/mol. The van der Waals surface area contributed by atoms with E-state index in [2.05, 4.69) is 10.1 Å². The number of carbonyl (C=O) groups is 1. The van der Waals surface area contributed by atoms with Gasteiger partial charge in [-0.25, -0.2) is 0 Å². The fourth-order valence-electron chi connectivity index (χ4n) is 2.02. The predicted octanol–water partition coefficient (Wildman–Crippen LogP) is 0.597. The molecule has 1 aromatic heterocycles. The van der Waals surface area contributed by atoms with Gasteiger partial charge in [-0.05, 0) is 19.4 Å². The number of rotatable bonds is 3. The summed E-state index contributed by atoms with van der Waals surface area (Å²) in [7, 11) is 1.42. The molecule has 0 amide bonds. The van der Waals surface area contributed by atoms with Gasteiger partial charge < -0.3 is 9.26 Å². The molecule has 1 atom stereocenters. The molecule has 0 radical (unpaired) electrons. The lowest BCUT2D eigenvalue weighted by Crippen LogP contribution is -2.44. The number of aromatic nitrogens is 2. The van der Waals surface area contributed by atoms with E-state index in [0.29, 0.717) is 12.4 Å². The second-order valence-corrected chi connectivity index (χ2v) is 3.84. The minimum Gasteiger partial charge on any atom is -0.468 e. The number of hydrogen-bond donors (Lipinski definition) is 0. The number of hydrogen-bond acceptors (Lipinski definition) is 6. The fraction of sp³-hybridized carbons (Fsp3) is 0.700. The quantitative estimate of drug-likeness (QED) is 0.701. The maximum atomic E-state index is 11.6. The summed E-state index contributed by atoms with van der Waals surface area (Å²) in [6.45, 7) is 1.38. The Balaban J connectivity index is 2.02. The molecule has 1 aliphatic heterocycles. The highest BCUT2D eigenvalue weighted by atomic mass is 16.5. The van der Waals surface area contributed by atoms with E-state index in [1.807, 2.05) is 4.90 Å². The molecule has 1 aliphatic rings. The van der Waals surface area contributed by atoms with E-state index < -0.39 is 0 Å². The smallest absolute Gasteiger partial charge is 0.323 e. The van der Waals surface area contributed by atoms with Crippen molar-refractivity contribution < 1.29 is 14.1 Å². The fourth-order valence-corrected chi connectivity index (χ4v) is 2.02. The summed E-state index contributed by atoms with van der Waals surface area (Å²) in [5, 5.41) is 3.55. The predicted molar refractivity (Wildman–Crippen MR) is 54.4 cm³/mol. The van der Waals surface area contributed by atoms with Crippen molar-refractivity contribution in [2.24, 2.45) is 0 Å². The van der Waals surface area contributed by atoms with E-state index in [1.165, 1.54) is 13.4 Å². The van der Waals surface area contributed by atoms with E-state index in [-0.39, 0.29) is 12.0 Å². The molecular formula is C10H15N3O3. The summed E-state index contributed by atoms with van der Waals surface area (Å²) < 4.78 is 9.73. The van der Waals surface area contributed by atoms with Crippen LogP contribution in [0, 0.1) is 0 Å². The van der Waals surface area contributed by atoms with Crippen LogP contribution in [-0.2, 0) is 16.1 Å². The Hall–Kier alpha value is -1.43. The molecule has 16 heavy (non-hydrogen) atoms. The van der Waals surface area contributed by atoms with Crippen LogP contribution in [0.4, 0.5) is 0 Å². The molecule has 88 valence electrons. The molecule has 1 saturated heterocycles. The van der Waals surface area contributed by atoms with Crippen LogP contribution in [0.25, 0.3) is 0 Å². The van der Waals surface area contributed by atoms with Crippen molar-refractivity contribution >= 4 is 5.97 Å². The van der Waals surface area contributed by atoms with Crippen molar-refractivity contribution in [3.8, 4) is 0 Å². The first-order valence-electron chi connectivity index (χ1n) is 5.38. The van der Waals surface area contributed by atoms with Gasteiger partial charge in [-0.2, -0.15) is 4.98 Å². The zero-order valence-electron chi connectivity index (χ0n) is 9.26. The number of ether oxygens (including phenoxy) is 1. The van der Waals surface area contributed by atoms with Crippen LogP contribution in [0.5, 0.6) is 0 Å². The van der Waals surface area contributed by atoms with Crippen LogP contribution in [-0.4, -0.2) is 40.7 Å². The van der Waals surface area contributed by atoms with Gasteiger partial charge in [-0.1, -0.05) is 11.6 Å². The first-order chi connectivity index (χ1) is 7.81. The first kappa shape index (κ1) is 11.1. The molecule has 2 heterocycles. The average Bonchev–Trinajstić information content (AvgIpc) is 2.82. The van der Waals surface area contributed by atoms with Crippen molar-refractivity contribution in [3.05, 3.63) is 12.2 Å². The third-order valence-electron chi connectivity index (χ3n) is 2.83. The van der Waals surface area contributed by atoms with Gasteiger partial charge in [-0.15, -0.1) is 0 Å². The van der Waals surface area contributed by atoms with Gasteiger partial charge in [0.1, 0.15) is 6.04 Å². The normalized spacial score (nSPS) is 21.9. The Kier molecular flexibility index (Phi) is 3.51. The highest BCUT2D eigenvalue weighted by molar-refractivity contribution is 5.75. The van der Waals surface area contributed by atoms with Crippen molar-refractivity contribution in [2.45, 2.75) is 31.8 Å². The summed E-state index contributed by atoms with van der Waals surface area (Å²) in [6, 6.07) is -0.175. The van der Waals surface area contributed by atoms with E-state index in [4.69, 9.17) is 9.26 Å². The van der Waals surface area contributed by atoms with Crippen LogP contribution in [0.1, 0.15) is 25.2 Å². The maximum Gasteiger partial charge on any atom is 0.323 e. The number of nitrogens with zero attached hydrogens (tertiary/aromatic N) is 3. The standard InChI is InChI=1S/C10H15N3O3/c1-15-10(14)8-4-2-3-5-13(8)6-9-11-7-12-16-9/h7-8H,2-6H2,1H3/t8-/m1/s1. The molecule has 0 aromatic carbocycles. The van der Waals surface area contributed by atoms with Gasteiger partial charge in [0.15, 0.2) is 6.33 Å². The summed E-state index contributed by atoms with van der Waals surface area (Å²) in [5.41, 5.74) is 0. The molecule has 0 N–H and O–H groups in total. The zero-order chi connectivity index (χ0) is 11.4. The number of piperidine rings is 1. The lowest BCUT2D eigenvalue weighted by atomic mass is 10.0. The molecule has 1 fully saturated rings. The molecule has 2 rings (SSSR count). The zero-order valence-corrected chi connectivity index (χ0v) is 9.26. The van der Waals surface area contributed by atoms with Crippen LogP contribution in [0.2, 0.25) is 0 Å². The Bertz CT molecular complexity index is 339. The van der Waals surface area contributed by atoms with Gasteiger partial charge in [0, 0.05) is 0 Å². The van der Waals surface area contributed by atoms with Gasteiger partial charge in [0.2, 0.25) is 5.89 Å². The Labute approximate surface area is 93.6 Å². The van der Waals surface area contributed by atoms with E-state index in [0.717, 1.165) is 25.8 Å². The first-order valence-corrected chi connectivity index (χ1v) is 5.38. The minimum atomic E-state index is -0.181. The maximum absolute atomic E-state index is 11.6. The molecule has 0 bridgehead atoms. The number of carbonyl (C=O) groups excluding carboxylic acids is 1. The van der Waals surface area contributed by atoms with Crippen molar-refractivity contribution in [2.75, 3.05) is 13.7 Å². The van der Waals surface area contributed by atoms with E-state index in [9.17, 15) is 4.79 Å². The van der Waals surface area contributed by atoms with E-state index >= 15 is 0 Å². The number of likely N-dealkylation sites (tertiary alicyclic amines) is 1. The Morgan fingerprint density at radius 3 is 3.25 bits per heavy atom. The third-order valence-corrected chi connectivity index (χ3v) is 2.83. The average molecular weight is 225 g/mol. The van der Waals surface area contributed by atoms with Gasteiger partial charge in [0.25, 0.3) is 0 Å². The lowest BCUT2D eigenvalue weighted by molar-refractivity contribution is -0.148. The number of esters is 1. The van der Waals surface area contributed by atoms with E-state index in [1.54, 1.807) is 0 Å². The molecule has 0 saturated carbocycles. The highest BCUT2D eigenvalue weighted by Crippen LogP contribution is 2.19. The molecule has 6 heteroatoms. The lowest BCUT2D eigenvalue weighted by Gasteiger charge is -2.32. The van der Waals surface area contributed by atoms with Crippen molar-refractivity contribution in [1.82, 2.24) is 15.0 Å². The Morgan fingerprint density at radius 2 is 2.56 bits per heavy atom. The SMILES string of the molecule is COC(=O)[C@H]1CCCCN1Cc1ncno1. The molecule has 0 spiro atoms. The summed E-state index contributed by atoms with van der Waals surface area (Å²) in [4.78, 5) is 17.6. The van der Waals surface area contributed by atoms with Crippen molar-refractivity contribution in [3.63, 3.8) is 0 Å². The minimum absolute atomic E-state index is 0.175. The van der Waals surface area contributed by atoms with Crippen LogP contribution < -0.4 is 0 Å². The Morgan fingerprint density at radius 1 is 1.69 bits per heavy atom. The summed E-state index contributed by atoms with van der Waals surface area (Å²) in [6.07, 6.45) is 4.34. The summed E-state index contributed by atoms with van der Waals surface area (Å²) in [5.74, 6) is 0.356. The molecular weight excluding hydrogens is 210 g/mol. The highest BCUT2D eigenvalue weighted by Gasteiger charge is 2.30. The third kappa shape index (κ3) is 2.38. The largest absolute Gasteiger partial charge is 0.468 e. The molecule has 0 aliphatic carbocycles.